The first-order chi connectivity index (χ1) is 13.0. The van der Waals surface area contributed by atoms with Crippen LogP contribution >= 0.6 is 11.6 Å². The molecule has 0 saturated heterocycles. The highest BCUT2D eigenvalue weighted by Gasteiger charge is 2.14. The average Bonchev–Trinajstić information content (AvgIpc) is 3.13. The van der Waals surface area contributed by atoms with Crippen LogP contribution in [0.4, 0.5) is 0 Å². The van der Waals surface area contributed by atoms with E-state index in [1.165, 1.54) is 0 Å². The van der Waals surface area contributed by atoms with Crippen molar-refractivity contribution in [2.24, 2.45) is 0 Å². The van der Waals surface area contributed by atoms with Gasteiger partial charge in [0.15, 0.2) is 12.4 Å². The van der Waals surface area contributed by atoms with Crippen molar-refractivity contribution in [3.8, 4) is 17.2 Å². The summed E-state index contributed by atoms with van der Waals surface area (Å²) in [5.41, 5.74) is 1.77. The summed E-state index contributed by atoms with van der Waals surface area (Å²) in [4.78, 5) is 18.1. The molecule has 2 aromatic carbocycles. The van der Waals surface area contributed by atoms with Gasteiger partial charge in [0.05, 0.1) is 10.6 Å². The van der Waals surface area contributed by atoms with Gasteiger partial charge in [-0.1, -0.05) is 41.0 Å². The highest BCUT2D eigenvalue weighted by atomic mass is 35.5. The summed E-state index contributed by atoms with van der Waals surface area (Å²) in [7, 11) is 1.72. The van der Waals surface area contributed by atoms with Gasteiger partial charge in [-0.05, 0) is 36.8 Å². The molecule has 1 amide bonds. The first-order valence-electron chi connectivity index (χ1n) is 8.54. The third-order valence-corrected chi connectivity index (χ3v) is 4.35. The Labute approximate surface area is 162 Å². The number of aryl methyl sites for hydroxylation is 1. The molecular weight excluding hydrogens is 366 g/mol. The van der Waals surface area contributed by atoms with Crippen LogP contribution in [0.15, 0.2) is 53.1 Å². The lowest BCUT2D eigenvalue weighted by Gasteiger charge is -2.16. The molecule has 0 unspecified atom stereocenters. The van der Waals surface area contributed by atoms with Gasteiger partial charge in [-0.3, -0.25) is 4.79 Å². The van der Waals surface area contributed by atoms with Crippen molar-refractivity contribution in [3.05, 3.63) is 64.9 Å². The van der Waals surface area contributed by atoms with Crippen molar-refractivity contribution in [2.75, 3.05) is 20.2 Å². The highest BCUT2D eigenvalue weighted by molar-refractivity contribution is 6.33. The zero-order valence-corrected chi connectivity index (χ0v) is 15.9. The van der Waals surface area contributed by atoms with Crippen LogP contribution in [0.5, 0.6) is 5.75 Å². The summed E-state index contributed by atoms with van der Waals surface area (Å²) in [5, 5.41) is 4.50. The maximum Gasteiger partial charge on any atom is 0.260 e. The zero-order valence-electron chi connectivity index (χ0n) is 15.2. The first kappa shape index (κ1) is 18.9. The number of nitrogens with zero attached hydrogens (tertiary/aromatic N) is 3. The molecule has 0 atom stereocenters. The molecule has 0 spiro atoms. The number of amides is 1. The van der Waals surface area contributed by atoms with E-state index in [9.17, 15) is 4.79 Å². The summed E-state index contributed by atoms with van der Waals surface area (Å²) in [6, 6.07) is 14.9. The number of hydrogen-bond acceptors (Lipinski definition) is 5. The van der Waals surface area contributed by atoms with Crippen LogP contribution in [0, 0.1) is 6.92 Å². The third-order valence-electron chi connectivity index (χ3n) is 4.02. The first-order valence-corrected chi connectivity index (χ1v) is 8.91. The molecule has 0 aliphatic rings. The zero-order chi connectivity index (χ0) is 19.2. The van der Waals surface area contributed by atoms with Crippen LogP contribution in [0.2, 0.25) is 5.02 Å². The second-order valence-corrected chi connectivity index (χ2v) is 6.57. The fourth-order valence-electron chi connectivity index (χ4n) is 2.45. The molecule has 3 aromatic rings. The molecule has 140 valence electrons. The molecule has 1 heterocycles. The normalized spacial score (nSPS) is 10.6. The van der Waals surface area contributed by atoms with Gasteiger partial charge in [0.25, 0.3) is 11.8 Å². The summed E-state index contributed by atoms with van der Waals surface area (Å²) in [6.45, 7) is 2.41. The minimum atomic E-state index is -0.119. The van der Waals surface area contributed by atoms with E-state index in [-0.39, 0.29) is 12.5 Å². The van der Waals surface area contributed by atoms with Crippen LogP contribution in [0.3, 0.4) is 0 Å². The molecule has 0 radical (unpaired) electrons. The maximum atomic E-state index is 12.2. The van der Waals surface area contributed by atoms with Gasteiger partial charge >= 0.3 is 0 Å². The molecule has 0 bridgehead atoms. The second-order valence-electron chi connectivity index (χ2n) is 6.17. The molecule has 0 aliphatic carbocycles. The van der Waals surface area contributed by atoms with Crippen molar-refractivity contribution in [3.63, 3.8) is 0 Å². The molecule has 0 N–H and O–H groups in total. The van der Waals surface area contributed by atoms with Crippen molar-refractivity contribution >= 4 is 17.5 Å². The lowest BCUT2D eigenvalue weighted by molar-refractivity contribution is -0.132. The number of rotatable bonds is 7. The minimum absolute atomic E-state index is 0.0168. The van der Waals surface area contributed by atoms with Gasteiger partial charge in [0.1, 0.15) is 5.75 Å². The molecule has 27 heavy (non-hydrogen) atoms. The number of aromatic nitrogens is 2. The molecule has 1 aromatic heterocycles. The van der Waals surface area contributed by atoms with E-state index in [1.807, 2.05) is 49.4 Å². The Morgan fingerprint density at radius 1 is 1.22 bits per heavy atom. The van der Waals surface area contributed by atoms with Crippen LogP contribution in [0.1, 0.15) is 11.4 Å². The van der Waals surface area contributed by atoms with Gasteiger partial charge in [-0.15, -0.1) is 0 Å². The molecule has 7 heteroatoms. The topological polar surface area (TPSA) is 68.5 Å². The van der Waals surface area contributed by atoms with E-state index in [4.69, 9.17) is 20.9 Å². The van der Waals surface area contributed by atoms with Gasteiger partial charge < -0.3 is 14.2 Å². The monoisotopic (exact) mass is 385 g/mol. The van der Waals surface area contributed by atoms with Crippen molar-refractivity contribution < 1.29 is 14.1 Å². The van der Waals surface area contributed by atoms with Gasteiger partial charge in [-0.2, -0.15) is 4.98 Å². The SMILES string of the molecule is Cc1cccc(OCC(=O)N(C)CCc2noc(-c3ccccc3Cl)n2)c1. The van der Waals surface area contributed by atoms with E-state index in [1.54, 1.807) is 18.0 Å². The van der Waals surface area contributed by atoms with Crippen molar-refractivity contribution in [2.45, 2.75) is 13.3 Å². The predicted molar refractivity (Wildman–Crippen MR) is 103 cm³/mol. The summed E-state index contributed by atoms with van der Waals surface area (Å²) >= 11 is 6.14. The number of benzene rings is 2. The number of likely N-dealkylation sites (N-methyl/N-ethyl adjacent to an activating group) is 1. The molecule has 0 fully saturated rings. The number of hydrogen-bond donors (Lipinski definition) is 0. The lowest BCUT2D eigenvalue weighted by Crippen LogP contribution is -2.33. The quantitative estimate of drug-likeness (QED) is 0.619. The standard InChI is InChI=1S/C20H20ClN3O3/c1-14-6-5-7-15(12-14)26-13-19(25)24(2)11-10-18-22-20(27-23-18)16-8-3-4-9-17(16)21/h3-9,12H,10-11,13H2,1-2H3. The van der Waals surface area contributed by atoms with E-state index >= 15 is 0 Å². The largest absolute Gasteiger partial charge is 0.484 e. The smallest absolute Gasteiger partial charge is 0.260 e. The lowest BCUT2D eigenvalue weighted by atomic mass is 10.2. The Kier molecular flexibility index (Phi) is 6.08. The number of carbonyl (C=O) groups is 1. The number of halogens is 1. The van der Waals surface area contributed by atoms with Crippen molar-refractivity contribution in [1.82, 2.24) is 15.0 Å². The van der Waals surface area contributed by atoms with E-state index in [2.05, 4.69) is 10.1 Å². The van der Waals surface area contributed by atoms with Crippen LogP contribution in [-0.4, -0.2) is 41.1 Å². The second kappa shape index (κ2) is 8.68. The Morgan fingerprint density at radius 3 is 2.81 bits per heavy atom. The molecular formula is C20H20ClN3O3. The average molecular weight is 386 g/mol. The van der Waals surface area contributed by atoms with Crippen LogP contribution in [0.25, 0.3) is 11.5 Å². The Morgan fingerprint density at radius 2 is 2.04 bits per heavy atom. The molecule has 6 nitrogen and oxygen atoms in total. The fourth-order valence-corrected chi connectivity index (χ4v) is 2.67. The molecule has 0 saturated carbocycles. The Bertz CT molecular complexity index is 926. The van der Waals surface area contributed by atoms with Crippen LogP contribution in [-0.2, 0) is 11.2 Å². The predicted octanol–water partition coefficient (Wildman–Crippen LogP) is 3.78. The Balaban J connectivity index is 1.51. The molecule has 0 aliphatic heterocycles. The third kappa shape index (κ3) is 5.08. The van der Waals surface area contributed by atoms with Gasteiger partial charge in [-0.25, -0.2) is 0 Å². The van der Waals surface area contributed by atoms with E-state index in [0.717, 1.165) is 5.56 Å². The van der Waals surface area contributed by atoms with Gasteiger partial charge in [0, 0.05) is 20.0 Å². The Hall–Kier alpha value is -2.86. The molecule has 3 rings (SSSR count). The van der Waals surface area contributed by atoms with E-state index < -0.39 is 0 Å². The highest BCUT2D eigenvalue weighted by Crippen LogP contribution is 2.25. The van der Waals surface area contributed by atoms with Crippen molar-refractivity contribution in [1.29, 1.82) is 0 Å². The number of ether oxygens (including phenoxy) is 1. The van der Waals surface area contributed by atoms with Gasteiger partial charge in [0.2, 0.25) is 0 Å². The maximum absolute atomic E-state index is 12.2. The summed E-state index contributed by atoms with van der Waals surface area (Å²) in [6.07, 6.45) is 0.473. The minimum Gasteiger partial charge on any atom is -0.484 e. The van der Waals surface area contributed by atoms with E-state index in [0.29, 0.717) is 41.0 Å². The summed E-state index contributed by atoms with van der Waals surface area (Å²) in [5.74, 6) is 1.45. The summed E-state index contributed by atoms with van der Waals surface area (Å²) < 4.78 is 10.8. The van der Waals surface area contributed by atoms with Crippen LogP contribution < -0.4 is 4.74 Å². The fraction of sp³-hybridized carbons (Fsp3) is 0.250. The number of carbonyl (C=O) groups excluding carboxylic acids is 1.